The summed E-state index contributed by atoms with van der Waals surface area (Å²) < 4.78 is 5.01. The first-order valence-electron chi connectivity index (χ1n) is 9.87. The molecule has 1 amide bonds. The molecule has 29 heavy (non-hydrogen) atoms. The number of piperidine rings is 1. The van der Waals surface area contributed by atoms with E-state index in [2.05, 4.69) is 11.4 Å². The second kappa shape index (κ2) is 8.90. The minimum absolute atomic E-state index is 0.0149. The summed E-state index contributed by atoms with van der Waals surface area (Å²) in [6.45, 7) is 0.945. The first kappa shape index (κ1) is 20.6. The summed E-state index contributed by atoms with van der Waals surface area (Å²) in [5.74, 6) is -1.37. The van der Waals surface area contributed by atoms with Crippen LogP contribution >= 0.6 is 0 Å². The van der Waals surface area contributed by atoms with E-state index >= 15 is 0 Å². The van der Waals surface area contributed by atoms with Gasteiger partial charge in [-0.15, -0.1) is 0 Å². The van der Waals surface area contributed by atoms with Crippen LogP contribution in [0.15, 0.2) is 18.2 Å². The molecule has 1 aromatic rings. The van der Waals surface area contributed by atoms with Crippen molar-refractivity contribution in [3.05, 3.63) is 33.9 Å². The Morgan fingerprint density at radius 2 is 1.90 bits per heavy atom. The zero-order chi connectivity index (χ0) is 20.9. The molecule has 1 aliphatic carbocycles. The number of rotatable bonds is 6. The topological polar surface area (TPSA) is 126 Å². The summed E-state index contributed by atoms with van der Waals surface area (Å²) in [6, 6.07) is 6.36. The fourth-order valence-electron chi connectivity index (χ4n) is 3.96. The van der Waals surface area contributed by atoms with E-state index in [1.807, 2.05) is 4.90 Å². The van der Waals surface area contributed by atoms with Crippen LogP contribution < -0.4 is 10.2 Å². The highest BCUT2D eigenvalue weighted by atomic mass is 16.6. The van der Waals surface area contributed by atoms with Crippen molar-refractivity contribution in [3.8, 4) is 6.07 Å². The second-order valence-electron chi connectivity index (χ2n) is 7.53. The predicted molar refractivity (Wildman–Crippen MR) is 104 cm³/mol. The van der Waals surface area contributed by atoms with Crippen molar-refractivity contribution >= 4 is 23.3 Å². The predicted octanol–water partition coefficient (Wildman–Crippen LogP) is 2.69. The van der Waals surface area contributed by atoms with E-state index in [1.54, 1.807) is 6.07 Å². The van der Waals surface area contributed by atoms with Crippen LogP contribution in [0.3, 0.4) is 0 Å². The molecular weight excluding hydrogens is 376 g/mol. The molecule has 1 saturated heterocycles. The number of nitro benzene ring substituents is 1. The van der Waals surface area contributed by atoms with Crippen LogP contribution in [0.25, 0.3) is 0 Å². The number of hydrogen-bond donors (Lipinski definition) is 1. The van der Waals surface area contributed by atoms with Crippen LogP contribution in [0.5, 0.6) is 0 Å². The number of nitrogens with one attached hydrogen (secondary N) is 1. The third-order valence-electron chi connectivity index (χ3n) is 5.49. The van der Waals surface area contributed by atoms with Gasteiger partial charge in [-0.25, -0.2) is 4.79 Å². The molecule has 0 bridgehead atoms. The van der Waals surface area contributed by atoms with Gasteiger partial charge in [0, 0.05) is 19.2 Å². The van der Waals surface area contributed by atoms with Crippen LogP contribution in [0, 0.1) is 21.4 Å². The van der Waals surface area contributed by atoms with Crippen molar-refractivity contribution in [1.29, 1.82) is 5.26 Å². The van der Waals surface area contributed by atoms with E-state index in [1.165, 1.54) is 12.1 Å². The van der Waals surface area contributed by atoms with Crippen LogP contribution in [-0.4, -0.2) is 42.0 Å². The third kappa shape index (κ3) is 4.83. The number of esters is 1. The van der Waals surface area contributed by atoms with E-state index in [0.29, 0.717) is 18.5 Å². The highest BCUT2D eigenvalue weighted by Gasteiger charge is 2.35. The summed E-state index contributed by atoms with van der Waals surface area (Å²) in [4.78, 5) is 37.3. The number of nitriles is 1. The Hall–Kier alpha value is -3.15. The molecule has 9 heteroatoms. The monoisotopic (exact) mass is 400 g/mol. The minimum atomic E-state index is -0.891. The summed E-state index contributed by atoms with van der Waals surface area (Å²) in [7, 11) is 0. The first-order chi connectivity index (χ1) is 13.9. The molecule has 2 fully saturated rings. The van der Waals surface area contributed by atoms with E-state index in [4.69, 9.17) is 4.74 Å². The van der Waals surface area contributed by atoms with Crippen LogP contribution in [-0.2, 0) is 9.53 Å². The molecule has 0 aromatic heterocycles. The summed E-state index contributed by atoms with van der Waals surface area (Å²) in [5, 5.41) is 23.4. The lowest BCUT2D eigenvalue weighted by Crippen LogP contribution is -2.46. The van der Waals surface area contributed by atoms with Crippen molar-refractivity contribution < 1.29 is 19.2 Å². The van der Waals surface area contributed by atoms with E-state index < -0.39 is 28.9 Å². The molecule has 1 heterocycles. The van der Waals surface area contributed by atoms with Gasteiger partial charge in [0.25, 0.3) is 11.6 Å². The van der Waals surface area contributed by atoms with Gasteiger partial charge in [-0.3, -0.25) is 14.9 Å². The number of nitrogens with zero attached hydrogens (tertiary/aromatic N) is 3. The molecule has 1 aromatic carbocycles. The lowest BCUT2D eigenvalue weighted by atomic mass is 10.00. The Balaban J connectivity index is 1.64. The quantitative estimate of drug-likeness (QED) is 0.442. The fraction of sp³-hybridized carbons (Fsp3) is 0.550. The number of nitro groups is 1. The normalized spacial score (nSPS) is 18.0. The van der Waals surface area contributed by atoms with Gasteiger partial charge in [-0.2, -0.15) is 5.26 Å². The summed E-state index contributed by atoms with van der Waals surface area (Å²) in [6.07, 6.45) is 5.92. The maximum absolute atomic E-state index is 12.3. The maximum Gasteiger partial charge on any atom is 0.338 e. The van der Waals surface area contributed by atoms with Gasteiger partial charge in [0.1, 0.15) is 11.2 Å². The molecule has 0 atom stereocenters. The van der Waals surface area contributed by atoms with Crippen molar-refractivity contribution in [3.63, 3.8) is 0 Å². The van der Waals surface area contributed by atoms with E-state index in [-0.39, 0.29) is 11.3 Å². The first-order valence-corrected chi connectivity index (χ1v) is 9.87. The number of anilines is 1. The van der Waals surface area contributed by atoms with Crippen LogP contribution in [0.2, 0.25) is 0 Å². The van der Waals surface area contributed by atoms with Gasteiger partial charge in [0.2, 0.25) is 0 Å². The lowest BCUT2D eigenvalue weighted by molar-refractivity contribution is -0.384. The Morgan fingerprint density at radius 1 is 1.21 bits per heavy atom. The standard InChI is InChI=1S/C20H24N4O5/c21-14-20(8-2-3-9-20)22-18(25)13-29-19(26)15-6-7-16(17(12-15)24(27)28)23-10-4-1-5-11-23/h6-7,12H,1-5,8-11,13H2,(H,22,25). The molecule has 154 valence electrons. The Labute approximate surface area is 168 Å². The van der Waals surface area contributed by atoms with Gasteiger partial charge in [0.15, 0.2) is 6.61 Å². The molecule has 2 aliphatic rings. The van der Waals surface area contributed by atoms with Crippen molar-refractivity contribution in [2.45, 2.75) is 50.5 Å². The molecule has 0 radical (unpaired) electrons. The Kier molecular flexibility index (Phi) is 6.32. The third-order valence-corrected chi connectivity index (χ3v) is 5.49. The van der Waals surface area contributed by atoms with Crippen LogP contribution in [0.1, 0.15) is 55.3 Å². The SMILES string of the molecule is N#CC1(NC(=O)COC(=O)c2ccc(N3CCCCC3)c([N+](=O)[O-])c2)CCCC1. The molecule has 9 nitrogen and oxygen atoms in total. The number of carbonyl (C=O) groups is 2. The van der Waals surface area contributed by atoms with Crippen molar-refractivity contribution in [1.82, 2.24) is 5.32 Å². The van der Waals surface area contributed by atoms with Crippen molar-refractivity contribution in [2.24, 2.45) is 0 Å². The average molecular weight is 400 g/mol. The molecule has 1 saturated carbocycles. The van der Waals surface area contributed by atoms with Gasteiger partial charge < -0.3 is 15.0 Å². The highest BCUT2D eigenvalue weighted by Crippen LogP contribution is 2.32. The van der Waals surface area contributed by atoms with Gasteiger partial charge >= 0.3 is 5.97 Å². The van der Waals surface area contributed by atoms with Crippen molar-refractivity contribution in [2.75, 3.05) is 24.6 Å². The Bertz CT molecular complexity index is 836. The van der Waals surface area contributed by atoms with Gasteiger partial charge in [-0.1, -0.05) is 0 Å². The van der Waals surface area contributed by atoms with Gasteiger partial charge in [0.05, 0.1) is 16.6 Å². The molecule has 3 rings (SSSR count). The molecule has 1 aliphatic heterocycles. The zero-order valence-electron chi connectivity index (χ0n) is 16.2. The smallest absolute Gasteiger partial charge is 0.338 e. The molecule has 0 spiro atoms. The van der Waals surface area contributed by atoms with Crippen LogP contribution in [0.4, 0.5) is 11.4 Å². The highest BCUT2D eigenvalue weighted by molar-refractivity contribution is 5.93. The number of ether oxygens (including phenoxy) is 1. The Morgan fingerprint density at radius 3 is 2.52 bits per heavy atom. The average Bonchev–Trinajstić information content (AvgIpc) is 3.21. The summed E-state index contributed by atoms with van der Waals surface area (Å²) >= 11 is 0. The number of hydrogen-bond acceptors (Lipinski definition) is 7. The van der Waals surface area contributed by atoms with E-state index in [0.717, 1.165) is 45.2 Å². The molecule has 1 N–H and O–H groups in total. The molecule has 0 unspecified atom stereocenters. The summed E-state index contributed by atoms with van der Waals surface area (Å²) in [5.41, 5.74) is -0.541. The second-order valence-corrected chi connectivity index (χ2v) is 7.53. The number of amides is 1. The number of carbonyl (C=O) groups excluding carboxylic acids is 2. The fourth-order valence-corrected chi connectivity index (χ4v) is 3.96. The minimum Gasteiger partial charge on any atom is -0.452 e. The molecular formula is C20H24N4O5. The van der Waals surface area contributed by atoms with E-state index in [9.17, 15) is 25.0 Å². The lowest BCUT2D eigenvalue weighted by Gasteiger charge is -2.28. The largest absolute Gasteiger partial charge is 0.452 e. The zero-order valence-corrected chi connectivity index (χ0v) is 16.2. The maximum atomic E-state index is 12.3. The van der Waals surface area contributed by atoms with Gasteiger partial charge in [-0.05, 0) is 57.1 Å². The number of benzene rings is 1.